The highest BCUT2D eigenvalue weighted by Gasteiger charge is 2.04. The summed E-state index contributed by atoms with van der Waals surface area (Å²) in [7, 11) is 0. The first kappa shape index (κ1) is 12.9. The molecule has 0 bridgehead atoms. The average Bonchev–Trinajstić information content (AvgIpc) is 2.18. The third-order valence-electron chi connectivity index (χ3n) is 2.02. The van der Waals surface area contributed by atoms with Gasteiger partial charge in [0, 0.05) is 15.7 Å². The molecule has 0 fully saturated rings. The molecule has 0 saturated carbocycles. The van der Waals surface area contributed by atoms with Crippen LogP contribution in [0.1, 0.15) is 19.4 Å². The summed E-state index contributed by atoms with van der Waals surface area (Å²) in [6, 6.07) is 6.06. The van der Waals surface area contributed by atoms with Gasteiger partial charge >= 0.3 is 0 Å². The van der Waals surface area contributed by atoms with Crippen LogP contribution in [0.2, 0.25) is 5.02 Å². The molecule has 0 saturated heterocycles. The van der Waals surface area contributed by atoms with Gasteiger partial charge in [-0.1, -0.05) is 31.5 Å². The number of hydrogen-bond acceptors (Lipinski definition) is 2. The standard InChI is InChI=1S/C12H18ClNS/c1-9(2)8-15-12-7-11(13)4-3-10(12)5-6-14/h3-4,7,9H,5-6,8,14H2,1-2H3. The number of rotatable bonds is 5. The molecule has 0 aromatic heterocycles. The molecule has 1 aromatic rings. The number of nitrogens with two attached hydrogens (primary N) is 1. The van der Waals surface area contributed by atoms with Crippen LogP contribution in [0.15, 0.2) is 23.1 Å². The van der Waals surface area contributed by atoms with Crippen molar-refractivity contribution in [2.75, 3.05) is 12.3 Å². The van der Waals surface area contributed by atoms with E-state index in [-0.39, 0.29) is 0 Å². The SMILES string of the molecule is CC(C)CSc1cc(Cl)ccc1CCN. The van der Waals surface area contributed by atoms with Crippen molar-refractivity contribution < 1.29 is 0 Å². The molecule has 84 valence electrons. The van der Waals surface area contributed by atoms with Crippen LogP contribution < -0.4 is 5.73 Å². The number of benzene rings is 1. The van der Waals surface area contributed by atoms with E-state index in [1.807, 2.05) is 23.9 Å². The van der Waals surface area contributed by atoms with Gasteiger partial charge in [0.2, 0.25) is 0 Å². The lowest BCUT2D eigenvalue weighted by molar-refractivity contribution is 0.750. The summed E-state index contributed by atoms with van der Waals surface area (Å²) >= 11 is 7.86. The summed E-state index contributed by atoms with van der Waals surface area (Å²) in [5, 5.41) is 0.807. The zero-order valence-corrected chi connectivity index (χ0v) is 10.9. The van der Waals surface area contributed by atoms with Gasteiger partial charge in [0.05, 0.1) is 0 Å². The predicted molar refractivity (Wildman–Crippen MR) is 69.8 cm³/mol. The summed E-state index contributed by atoms with van der Waals surface area (Å²) in [5.74, 6) is 1.82. The lowest BCUT2D eigenvalue weighted by Crippen LogP contribution is -2.04. The van der Waals surface area contributed by atoms with E-state index >= 15 is 0 Å². The molecule has 0 spiro atoms. The van der Waals surface area contributed by atoms with Crippen molar-refractivity contribution in [3.05, 3.63) is 28.8 Å². The topological polar surface area (TPSA) is 26.0 Å². The fourth-order valence-corrected chi connectivity index (χ4v) is 2.60. The first-order chi connectivity index (χ1) is 7.13. The van der Waals surface area contributed by atoms with Crippen molar-refractivity contribution in [2.24, 2.45) is 11.7 Å². The van der Waals surface area contributed by atoms with Gasteiger partial charge in [-0.25, -0.2) is 0 Å². The van der Waals surface area contributed by atoms with Gasteiger partial charge in [-0.15, -0.1) is 11.8 Å². The second-order valence-electron chi connectivity index (χ2n) is 4.00. The van der Waals surface area contributed by atoms with Crippen LogP contribution in [-0.2, 0) is 6.42 Å². The third-order valence-corrected chi connectivity index (χ3v) is 3.77. The normalized spacial score (nSPS) is 11.0. The molecule has 0 amide bonds. The van der Waals surface area contributed by atoms with Gasteiger partial charge in [-0.3, -0.25) is 0 Å². The van der Waals surface area contributed by atoms with Crippen molar-refractivity contribution in [1.29, 1.82) is 0 Å². The van der Waals surface area contributed by atoms with Gasteiger partial charge in [0.1, 0.15) is 0 Å². The van der Waals surface area contributed by atoms with Crippen LogP contribution in [0.4, 0.5) is 0 Å². The Balaban J connectivity index is 2.77. The molecule has 2 N–H and O–H groups in total. The van der Waals surface area contributed by atoms with Crippen LogP contribution in [0, 0.1) is 5.92 Å². The summed E-state index contributed by atoms with van der Waals surface area (Å²) in [6.45, 7) is 5.14. The zero-order valence-electron chi connectivity index (χ0n) is 9.29. The van der Waals surface area contributed by atoms with Crippen LogP contribution in [0.5, 0.6) is 0 Å². The second-order valence-corrected chi connectivity index (χ2v) is 5.49. The maximum atomic E-state index is 5.99. The zero-order chi connectivity index (χ0) is 11.3. The van der Waals surface area contributed by atoms with Crippen molar-refractivity contribution in [1.82, 2.24) is 0 Å². The Morgan fingerprint density at radius 3 is 2.73 bits per heavy atom. The maximum absolute atomic E-state index is 5.99. The second kappa shape index (κ2) is 6.41. The molecule has 1 nitrogen and oxygen atoms in total. The smallest absolute Gasteiger partial charge is 0.0417 e. The average molecular weight is 244 g/mol. The van der Waals surface area contributed by atoms with Gasteiger partial charge in [0.25, 0.3) is 0 Å². The molecule has 0 aliphatic carbocycles. The fourth-order valence-electron chi connectivity index (χ4n) is 1.28. The molecule has 15 heavy (non-hydrogen) atoms. The highest BCUT2D eigenvalue weighted by Crippen LogP contribution is 2.28. The minimum atomic E-state index is 0.691. The molecule has 0 aliphatic heterocycles. The highest BCUT2D eigenvalue weighted by atomic mass is 35.5. The van der Waals surface area contributed by atoms with E-state index in [4.69, 9.17) is 17.3 Å². The van der Waals surface area contributed by atoms with Gasteiger partial charge in [-0.05, 0) is 36.6 Å². The van der Waals surface area contributed by atoms with Crippen LogP contribution in [0.3, 0.4) is 0 Å². The lowest BCUT2D eigenvalue weighted by atomic mass is 10.1. The molecule has 1 rings (SSSR count). The Kier molecular flexibility index (Phi) is 5.51. The summed E-state index contributed by atoms with van der Waals surface area (Å²) < 4.78 is 0. The Bertz CT molecular complexity index is 312. The first-order valence-electron chi connectivity index (χ1n) is 5.24. The molecule has 1 aromatic carbocycles. The van der Waals surface area contributed by atoms with E-state index in [0.29, 0.717) is 12.5 Å². The quantitative estimate of drug-likeness (QED) is 0.800. The van der Waals surface area contributed by atoms with E-state index in [1.165, 1.54) is 10.5 Å². The largest absolute Gasteiger partial charge is 0.330 e. The predicted octanol–water partition coefficient (Wildman–Crippen LogP) is 3.59. The minimum absolute atomic E-state index is 0.691. The van der Waals surface area contributed by atoms with Crippen molar-refractivity contribution >= 4 is 23.4 Å². The minimum Gasteiger partial charge on any atom is -0.330 e. The molecule has 0 atom stereocenters. The van der Waals surface area contributed by atoms with Crippen molar-refractivity contribution in [3.8, 4) is 0 Å². The highest BCUT2D eigenvalue weighted by molar-refractivity contribution is 7.99. The summed E-state index contributed by atoms with van der Waals surface area (Å²) in [4.78, 5) is 1.28. The molecule has 3 heteroatoms. The van der Waals surface area contributed by atoms with Gasteiger partial charge in [-0.2, -0.15) is 0 Å². The molecule has 0 aliphatic rings. The van der Waals surface area contributed by atoms with Gasteiger partial charge < -0.3 is 5.73 Å². The Morgan fingerprint density at radius 2 is 2.13 bits per heavy atom. The third kappa shape index (κ3) is 4.45. The Hall–Kier alpha value is -0.180. The van der Waals surface area contributed by atoms with Crippen LogP contribution in [0.25, 0.3) is 0 Å². The van der Waals surface area contributed by atoms with Crippen molar-refractivity contribution in [2.45, 2.75) is 25.2 Å². The molecular formula is C12H18ClNS. The van der Waals surface area contributed by atoms with Crippen molar-refractivity contribution in [3.63, 3.8) is 0 Å². The van der Waals surface area contributed by atoms with E-state index in [2.05, 4.69) is 19.9 Å². The molecule has 0 unspecified atom stereocenters. The summed E-state index contributed by atoms with van der Waals surface area (Å²) in [5.41, 5.74) is 6.89. The summed E-state index contributed by atoms with van der Waals surface area (Å²) in [6.07, 6.45) is 0.928. The lowest BCUT2D eigenvalue weighted by Gasteiger charge is -2.10. The number of halogens is 1. The van der Waals surface area contributed by atoms with Crippen LogP contribution in [-0.4, -0.2) is 12.3 Å². The first-order valence-corrected chi connectivity index (χ1v) is 6.61. The fraction of sp³-hybridized carbons (Fsp3) is 0.500. The monoisotopic (exact) mass is 243 g/mol. The van der Waals surface area contributed by atoms with E-state index < -0.39 is 0 Å². The van der Waals surface area contributed by atoms with E-state index in [0.717, 1.165) is 17.2 Å². The van der Waals surface area contributed by atoms with E-state index in [1.54, 1.807) is 0 Å². The van der Waals surface area contributed by atoms with Crippen LogP contribution >= 0.6 is 23.4 Å². The molecule has 0 radical (unpaired) electrons. The molecular weight excluding hydrogens is 226 g/mol. The number of thioether (sulfide) groups is 1. The Morgan fingerprint density at radius 1 is 1.40 bits per heavy atom. The van der Waals surface area contributed by atoms with Gasteiger partial charge in [0.15, 0.2) is 0 Å². The Labute approximate surface area is 101 Å². The number of hydrogen-bond donors (Lipinski definition) is 1. The van der Waals surface area contributed by atoms with E-state index in [9.17, 15) is 0 Å². The maximum Gasteiger partial charge on any atom is 0.0417 e. The molecule has 0 heterocycles.